The maximum atomic E-state index is 12.4. The summed E-state index contributed by atoms with van der Waals surface area (Å²) in [6, 6.07) is 4.92. The second kappa shape index (κ2) is 7.74. The zero-order chi connectivity index (χ0) is 20.4. The summed E-state index contributed by atoms with van der Waals surface area (Å²) < 4.78 is 5.43. The molecule has 1 aliphatic rings. The minimum absolute atomic E-state index is 0.0563. The number of piperidine rings is 1. The monoisotopic (exact) mass is 379 g/mol. The van der Waals surface area contributed by atoms with Crippen LogP contribution in [0.15, 0.2) is 24.3 Å². The van der Waals surface area contributed by atoms with Crippen LogP contribution in [0.4, 0.5) is 4.79 Å². The normalized spacial score (nSPS) is 20.6. The topological polar surface area (TPSA) is 119 Å². The maximum absolute atomic E-state index is 12.4. The van der Waals surface area contributed by atoms with Crippen molar-refractivity contribution in [2.45, 2.75) is 70.2 Å². The molecule has 1 aliphatic heterocycles. The molecular weight excluding hydrogens is 352 g/mol. The van der Waals surface area contributed by atoms with Crippen molar-refractivity contribution < 1.29 is 29.7 Å². The molecule has 8 heteroatoms. The molecule has 0 unspecified atom stereocenters. The zero-order valence-electron chi connectivity index (χ0n) is 16.1. The molecule has 1 radical (unpaired) electrons. The molecule has 0 bridgehead atoms. The Morgan fingerprint density at radius 1 is 1.19 bits per heavy atom. The standard InChI is InChI=1S/C19H27N2O6/c1-18(2)10-14(11-19(3,4)21(18)26)27-17(25)20-15(16(23)24)9-12-5-7-13(22)8-6-12/h5-8,14-15,22H,9-11H2,1-4H3,(H,20,25)(H,23,24)/t15-/m0/s1. The average Bonchev–Trinajstić information content (AvgIpc) is 2.53. The Morgan fingerprint density at radius 2 is 1.70 bits per heavy atom. The predicted molar refractivity (Wildman–Crippen MR) is 96.6 cm³/mol. The fourth-order valence-corrected chi connectivity index (χ4v) is 3.65. The highest BCUT2D eigenvalue weighted by Gasteiger charge is 2.47. The molecule has 1 heterocycles. The number of hydrogen-bond donors (Lipinski definition) is 3. The Kier molecular flexibility index (Phi) is 6.01. The van der Waals surface area contributed by atoms with Crippen LogP contribution in [0.25, 0.3) is 0 Å². The van der Waals surface area contributed by atoms with Crippen molar-refractivity contribution in [1.82, 2.24) is 10.4 Å². The van der Waals surface area contributed by atoms with E-state index in [9.17, 15) is 25.0 Å². The van der Waals surface area contributed by atoms with Crippen LogP contribution in [0.5, 0.6) is 5.75 Å². The van der Waals surface area contributed by atoms with Gasteiger partial charge in [-0.2, -0.15) is 0 Å². The lowest BCUT2D eigenvalue weighted by molar-refractivity contribution is -0.298. The summed E-state index contributed by atoms with van der Waals surface area (Å²) in [5.41, 5.74) is -0.724. The molecule has 2 rings (SSSR count). The highest BCUT2D eigenvalue weighted by molar-refractivity contribution is 5.80. The number of phenols is 1. The summed E-state index contributed by atoms with van der Waals surface area (Å²) >= 11 is 0. The van der Waals surface area contributed by atoms with E-state index >= 15 is 0 Å². The molecule has 1 atom stereocenters. The van der Waals surface area contributed by atoms with E-state index in [1.165, 1.54) is 12.1 Å². The van der Waals surface area contributed by atoms with E-state index in [0.29, 0.717) is 18.4 Å². The van der Waals surface area contributed by atoms with Gasteiger partial charge in [0.1, 0.15) is 17.9 Å². The van der Waals surface area contributed by atoms with Crippen molar-refractivity contribution in [1.29, 1.82) is 0 Å². The lowest BCUT2D eigenvalue weighted by Gasteiger charge is -2.49. The number of aromatic hydroxyl groups is 1. The quantitative estimate of drug-likeness (QED) is 0.723. The first-order valence-electron chi connectivity index (χ1n) is 8.86. The number of amides is 1. The van der Waals surface area contributed by atoms with Crippen LogP contribution in [0.3, 0.4) is 0 Å². The smallest absolute Gasteiger partial charge is 0.408 e. The average molecular weight is 379 g/mol. The largest absolute Gasteiger partial charge is 0.508 e. The minimum Gasteiger partial charge on any atom is -0.508 e. The van der Waals surface area contributed by atoms with E-state index in [0.717, 1.165) is 5.06 Å². The number of carboxylic acid groups (broad SMARTS) is 1. The lowest BCUT2D eigenvalue weighted by Crippen LogP contribution is -2.60. The fourth-order valence-electron chi connectivity index (χ4n) is 3.65. The number of phenolic OH excluding ortho intramolecular Hbond substituents is 1. The number of ether oxygens (including phenoxy) is 1. The van der Waals surface area contributed by atoms with Crippen LogP contribution in [-0.4, -0.2) is 50.6 Å². The number of rotatable bonds is 5. The van der Waals surface area contributed by atoms with Crippen LogP contribution in [0.1, 0.15) is 46.1 Å². The number of benzene rings is 1. The number of carboxylic acids is 1. The van der Waals surface area contributed by atoms with Crippen molar-refractivity contribution in [3.05, 3.63) is 29.8 Å². The Labute approximate surface area is 158 Å². The van der Waals surface area contributed by atoms with Gasteiger partial charge in [0.05, 0.1) is 0 Å². The van der Waals surface area contributed by atoms with E-state index in [1.807, 2.05) is 0 Å². The second-order valence-corrected chi connectivity index (χ2v) is 8.26. The predicted octanol–water partition coefficient (Wildman–Crippen LogP) is 2.48. The Hall–Kier alpha value is -2.32. The van der Waals surface area contributed by atoms with Gasteiger partial charge in [-0.3, -0.25) is 0 Å². The summed E-state index contributed by atoms with van der Waals surface area (Å²) in [5.74, 6) is -1.11. The highest BCUT2D eigenvalue weighted by Crippen LogP contribution is 2.38. The Balaban J connectivity index is 1.99. The van der Waals surface area contributed by atoms with Gasteiger partial charge in [-0.05, 0) is 45.4 Å². The first-order valence-corrected chi connectivity index (χ1v) is 8.86. The molecule has 0 spiro atoms. The van der Waals surface area contributed by atoms with Gasteiger partial charge in [0, 0.05) is 30.3 Å². The minimum atomic E-state index is -1.19. The van der Waals surface area contributed by atoms with Crippen LogP contribution < -0.4 is 5.32 Å². The van der Waals surface area contributed by atoms with E-state index in [-0.39, 0.29) is 12.2 Å². The number of carbonyl (C=O) groups excluding carboxylic acids is 1. The molecule has 0 saturated carbocycles. The summed E-state index contributed by atoms with van der Waals surface area (Å²) in [6.07, 6.45) is -0.521. The van der Waals surface area contributed by atoms with Gasteiger partial charge < -0.3 is 20.3 Å². The van der Waals surface area contributed by atoms with Gasteiger partial charge in [0.15, 0.2) is 0 Å². The van der Waals surface area contributed by atoms with Gasteiger partial charge in [-0.15, -0.1) is 10.3 Å². The van der Waals surface area contributed by atoms with Crippen molar-refractivity contribution in [3.63, 3.8) is 0 Å². The summed E-state index contributed by atoms with van der Waals surface area (Å²) in [7, 11) is 0. The summed E-state index contributed by atoms with van der Waals surface area (Å²) in [4.78, 5) is 23.7. The van der Waals surface area contributed by atoms with Crippen molar-refractivity contribution >= 4 is 12.1 Å². The highest BCUT2D eigenvalue weighted by atomic mass is 16.6. The lowest BCUT2D eigenvalue weighted by atomic mass is 9.80. The maximum Gasteiger partial charge on any atom is 0.408 e. The molecule has 3 N–H and O–H groups in total. The molecule has 149 valence electrons. The first kappa shape index (κ1) is 21.0. The molecule has 1 saturated heterocycles. The van der Waals surface area contributed by atoms with Gasteiger partial charge >= 0.3 is 12.1 Å². The molecule has 1 aromatic rings. The number of hydroxylamine groups is 2. The molecule has 0 aliphatic carbocycles. The van der Waals surface area contributed by atoms with E-state index in [4.69, 9.17) is 4.74 Å². The fraction of sp³-hybridized carbons (Fsp3) is 0.579. The van der Waals surface area contributed by atoms with E-state index in [1.54, 1.807) is 39.8 Å². The molecule has 0 aromatic heterocycles. The first-order chi connectivity index (χ1) is 12.4. The van der Waals surface area contributed by atoms with Crippen LogP contribution in [-0.2, 0) is 21.2 Å². The third-order valence-electron chi connectivity index (χ3n) is 4.79. The second-order valence-electron chi connectivity index (χ2n) is 8.26. The van der Waals surface area contributed by atoms with Gasteiger partial charge in [-0.1, -0.05) is 12.1 Å². The number of nitrogens with zero attached hydrogens (tertiary/aromatic N) is 1. The van der Waals surface area contributed by atoms with Gasteiger partial charge in [0.25, 0.3) is 0 Å². The van der Waals surface area contributed by atoms with E-state index < -0.39 is 35.3 Å². The van der Waals surface area contributed by atoms with Crippen molar-refractivity contribution in [3.8, 4) is 5.75 Å². The Morgan fingerprint density at radius 3 is 2.19 bits per heavy atom. The third kappa shape index (κ3) is 5.33. The van der Waals surface area contributed by atoms with Crippen molar-refractivity contribution in [2.24, 2.45) is 0 Å². The molecule has 1 aromatic carbocycles. The number of nitrogens with one attached hydrogen (secondary N) is 1. The number of carbonyl (C=O) groups is 2. The third-order valence-corrected chi connectivity index (χ3v) is 4.79. The molecule has 1 amide bonds. The summed E-state index contributed by atoms with van der Waals surface area (Å²) in [5, 5.41) is 34.4. The van der Waals surface area contributed by atoms with Crippen LogP contribution >= 0.6 is 0 Å². The summed E-state index contributed by atoms with van der Waals surface area (Å²) in [6.45, 7) is 7.17. The van der Waals surface area contributed by atoms with Gasteiger partial charge in [-0.25, -0.2) is 9.59 Å². The van der Waals surface area contributed by atoms with Crippen LogP contribution in [0, 0.1) is 0 Å². The van der Waals surface area contributed by atoms with E-state index in [2.05, 4.69) is 5.32 Å². The number of hydrogen-bond acceptors (Lipinski definition) is 5. The zero-order valence-corrected chi connectivity index (χ0v) is 16.1. The molecule has 27 heavy (non-hydrogen) atoms. The molecule has 1 fully saturated rings. The molecule has 8 nitrogen and oxygen atoms in total. The number of aliphatic carboxylic acids is 1. The SMILES string of the molecule is CC1(C)CC(OC(=O)N[C@@H](Cc2ccc(O)cc2)C(=O)O)CC(C)(C)N1[O]. The Bertz CT molecular complexity index is 668. The van der Waals surface area contributed by atoms with Crippen LogP contribution in [0.2, 0.25) is 0 Å². The van der Waals surface area contributed by atoms with Crippen molar-refractivity contribution in [2.75, 3.05) is 0 Å². The number of alkyl carbamates (subject to hydrolysis) is 1. The van der Waals surface area contributed by atoms with Gasteiger partial charge in [0.2, 0.25) is 0 Å². The molecular formula is C19H27N2O6.